The maximum atomic E-state index is 13.0. The summed E-state index contributed by atoms with van der Waals surface area (Å²) in [6, 6.07) is 14.9. The molecule has 1 heterocycles. The summed E-state index contributed by atoms with van der Waals surface area (Å²) in [6.07, 6.45) is -7.84. The zero-order chi connectivity index (χ0) is 22.1. The van der Waals surface area contributed by atoms with E-state index in [1.165, 1.54) is 36.4 Å². The van der Waals surface area contributed by atoms with Crippen LogP contribution >= 0.6 is 0 Å². The molecular formula is C20H20O9S. The Kier molecular flexibility index (Phi) is 6.18. The van der Waals surface area contributed by atoms with Gasteiger partial charge in [0.05, 0.1) is 0 Å². The predicted molar refractivity (Wildman–Crippen MR) is 103 cm³/mol. The molecule has 0 amide bonds. The van der Waals surface area contributed by atoms with Crippen LogP contribution in [0.2, 0.25) is 0 Å². The highest BCUT2D eigenvalue weighted by atomic mass is 32.2. The minimum absolute atomic E-state index is 0.0674. The van der Waals surface area contributed by atoms with E-state index in [0.29, 0.717) is 0 Å². The molecule has 2 aromatic carbocycles. The van der Waals surface area contributed by atoms with E-state index < -0.39 is 57.5 Å². The van der Waals surface area contributed by atoms with Gasteiger partial charge < -0.3 is 20.1 Å². The Balaban J connectivity index is 2.03. The van der Waals surface area contributed by atoms with E-state index in [0.717, 1.165) is 0 Å². The van der Waals surface area contributed by atoms with Gasteiger partial charge in [0, 0.05) is 5.56 Å². The van der Waals surface area contributed by atoms with E-state index in [1.54, 1.807) is 24.3 Å². The van der Waals surface area contributed by atoms with Crippen LogP contribution < -0.4 is 0 Å². The maximum absolute atomic E-state index is 13.0. The fraction of sp³-hybridized carbons (Fsp3) is 0.300. The summed E-state index contributed by atoms with van der Waals surface area (Å²) in [5.41, 5.74) is -2.81. The van der Waals surface area contributed by atoms with Crippen LogP contribution in [0.15, 0.2) is 60.7 Å². The van der Waals surface area contributed by atoms with Gasteiger partial charge in [-0.3, -0.25) is 14.1 Å². The minimum atomic E-state index is -4.68. The Morgan fingerprint density at radius 2 is 1.57 bits per heavy atom. The van der Waals surface area contributed by atoms with Crippen LogP contribution in [0.25, 0.3) is 0 Å². The van der Waals surface area contributed by atoms with Gasteiger partial charge in [-0.15, -0.1) is 0 Å². The normalized spacial score (nSPS) is 27.5. The minimum Gasteiger partial charge on any atom is -0.387 e. The molecule has 160 valence electrons. The molecule has 5 atom stereocenters. The van der Waals surface area contributed by atoms with Gasteiger partial charge in [-0.25, -0.2) is 0 Å². The van der Waals surface area contributed by atoms with Crippen LogP contribution in [0, 0.1) is 0 Å². The highest BCUT2D eigenvalue weighted by Gasteiger charge is 2.63. The van der Waals surface area contributed by atoms with Gasteiger partial charge in [0.15, 0.2) is 23.3 Å². The Morgan fingerprint density at radius 3 is 2.10 bits per heavy atom. The number of carbonyl (C=O) groups is 2. The first-order chi connectivity index (χ1) is 14.1. The van der Waals surface area contributed by atoms with E-state index in [9.17, 15) is 33.3 Å². The lowest BCUT2D eigenvalue weighted by Gasteiger charge is -2.30. The first-order valence-corrected chi connectivity index (χ1v) is 10.5. The highest BCUT2D eigenvalue weighted by Crippen LogP contribution is 2.37. The van der Waals surface area contributed by atoms with E-state index >= 15 is 0 Å². The van der Waals surface area contributed by atoms with E-state index in [1.807, 2.05) is 0 Å². The van der Waals surface area contributed by atoms with Crippen LogP contribution in [-0.4, -0.2) is 69.5 Å². The zero-order valence-electron chi connectivity index (χ0n) is 15.5. The van der Waals surface area contributed by atoms with Gasteiger partial charge in [0.1, 0.15) is 24.1 Å². The van der Waals surface area contributed by atoms with Crippen LogP contribution in [0.5, 0.6) is 0 Å². The van der Waals surface area contributed by atoms with Crippen molar-refractivity contribution in [3.8, 4) is 0 Å². The molecule has 1 unspecified atom stereocenters. The number of ether oxygens (including phenoxy) is 1. The fourth-order valence-electron chi connectivity index (χ4n) is 3.43. The molecule has 9 nitrogen and oxygen atoms in total. The molecule has 1 saturated heterocycles. The molecule has 0 spiro atoms. The maximum Gasteiger partial charge on any atom is 0.267 e. The third kappa shape index (κ3) is 4.19. The Labute approximate surface area is 172 Å². The second-order valence-corrected chi connectivity index (χ2v) is 8.48. The molecule has 1 aliphatic heterocycles. The Morgan fingerprint density at radius 1 is 1.03 bits per heavy atom. The number of aliphatic hydroxyl groups excluding tert-OH is 2. The van der Waals surface area contributed by atoms with E-state index in [-0.39, 0.29) is 11.1 Å². The van der Waals surface area contributed by atoms with Gasteiger partial charge in [-0.2, -0.15) is 8.42 Å². The number of aliphatic hydroxyl groups is 3. The average Bonchev–Trinajstić information content (AvgIpc) is 2.98. The van der Waals surface area contributed by atoms with Crippen molar-refractivity contribution < 1.29 is 42.6 Å². The molecule has 2 aromatic rings. The number of benzene rings is 2. The summed E-state index contributed by atoms with van der Waals surface area (Å²) in [7, 11) is -4.68. The van der Waals surface area contributed by atoms with Gasteiger partial charge in [-0.05, 0) is 5.56 Å². The summed E-state index contributed by atoms with van der Waals surface area (Å²) in [5.74, 6) is -3.40. The lowest BCUT2D eigenvalue weighted by molar-refractivity contribution is -0.146. The first-order valence-electron chi connectivity index (χ1n) is 8.93. The molecule has 0 aliphatic carbocycles. The SMILES string of the molecule is O=C(C(O)c1ccccc1)[C@H]1O[C@@H](CS(=O)(=O)O)[C@H](O)[C@@]1(O)C(=O)c1ccccc1. The van der Waals surface area contributed by atoms with Crippen molar-refractivity contribution in [3.05, 3.63) is 71.8 Å². The molecule has 0 bridgehead atoms. The molecule has 0 saturated carbocycles. The molecular weight excluding hydrogens is 416 g/mol. The van der Waals surface area contributed by atoms with Crippen molar-refractivity contribution in [3.63, 3.8) is 0 Å². The molecule has 10 heteroatoms. The predicted octanol–water partition coefficient (Wildman–Crippen LogP) is -0.0808. The number of carbonyl (C=O) groups excluding carboxylic acids is 2. The van der Waals surface area contributed by atoms with Crippen LogP contribution in [-0.2, 0) is 19.6 Å². The molecule has 0 radical (unpaired) electrons. The van der Waals surface area contributed by atoms with E-state index in [4.69, 9.17) is 9.29 Å². The quantitative estimate of drug-likeness (QED) is 0.344. The largest absolute Gasteiger partial charge is 0.387 e. The number of rotatable bonds is 7. The van der Waals surface area contributed by atoms with Crippen molar-refractivity contribution in [1.29, 1.82) is 0 Å². The molecule has 3 rings (SSSR count). The zero-order valence-corrected chi connectivity index (χ0v) is 16.3. The molecule has 4 N–H and O–H groups in total. The van der Waals surface area contributed by atoms with Crippen LogP contribution in [0.3, 0.4) is 0 Å². The third-order valence-electron chi connectivity index (χ3n) is 4.93. The van der Waals surface area contributed by atoms with Crippen molar-refractivity contribution in [2.45, 2.75) is 30.0 Å². The van der Waals surface area contributed by atoms with Gasteiger partial charge in [0.2, 0.25) is 0 Å². The van der Waals surface area contributed by atoms with Crippen molar-refractivity contribution in [2.24, 2.45) is 0 Å². The Hall–Kier alpha value is -2.47. The number of Topliss-reactive ketones (excluding diaryl/α,β-unsaturated/α-hetero) is 2. The number of ketones is 2. The van der Waals surface area contributed by atoms with Crippen LogP contribution in [0.4, 0.5) is 0 Å². The van der Waals surface area contributed by atoms with Crippen molar-refractivity contribution in [1.82, 2.24) is 0 Å². The standard InChI is InChI=1S/C20H20O9S/c21-15(12-7-3-1-4-8-12)16(22)19-20(25,17(23)13-9-5-2-6-10-13)18(24)14(29-19)11-30(26,27)28/h1-10,14-15,18-19,21,24-25H,11H2,(H,26,27,28)/t14-,15?,18-,19+,20-/m0/s1. The first kappa shape index (κ1) is 22.2. The summed E-state index contributed by atoms with van der Waals surface area (Å²) in [6.45, 7) is 0. The second-order valence-electron chi connectivity index (χ2n) is 6.98. The van der Waals surface area contributed by atoms with Crippen molar-refractivity contribution in [2.75, 3.05) is 5.75 Å². The average molecular weight is 436 g/mol. The summed E-state index contributed by atoms with van der Waals surface area (Å²) >= 11 is 0. The summed E-state index contributed by atoms with van der Waals surface area (Å²) in [5, 5.41) is 32.1. The molecule has 30 heavy (non-hydrogen) atoms. The highest BCUT2D eigenvalue weighted by molar-refractivity contribution is 7.85. The lowest BCUT2D eigenvalue weighted by Crippen LogP contribution is -2.58. The van der Waals surface area contributed by atoms with Gasteiger partial charge in [-0.1, -0.05) is 60.7 Å². The van der Waals surface area contributed by atoms with E-state index in [2.05, 4.69) is 0 Å². The molecule has 0 aromatic heterocycles. The smallest absolute Gasteiger partial charge is 0.267 e. The fourth-order valence-corrected chi connectivity index (χ4v) is 4.11. The number of hydrogen-bond acceptors (Lipinski definition) is 8. The second kappa shape index (κ2) is 8.34. The lowest BCUT2D eigenvalue weighted by atomic mass is 9.80. The summed E-state index contributed by atoms with van der Waals surface area (Å²) < 4.78 is 36.9. The van der Waals surface area contributed by atoms with Gasteiger partial charge >= 0.3 is 0 Å². The summed E-state index contributed by atoms with van der Waals surface area (Å²) in [4.78, 5) is 26.0. The number of hydrogen-bond donors (Lipinski definition) is 4. The van der Waals surface area contributed by atoms with Crippen LogP contribution in [0.1, 0.15) is 22.0 Å². The molecule has 1 aliphatic rings. The third-order valence-corrected chi connectivity index (χ3v) is 5.68. The van der Waals surface area contributed by atoms with Gasteiger partial charge in [0.25, 0.3) is 10.1 Å². The topological polar surface area (TPSA) is 158 Å². The Bertz CT molecular complexity index is 1020. The molecule has 1 fully saturated rings. The monoisotopic (exact) mass is 436 g/mol. The van der Waals surface area contributed by atoms with Crippen molar-refractivity contribution >= 4 is 21.7 Å².